The molecule has 0 bridgehead atoms. The summed E-state index contributed by atoms with van der Waals surface area (Å²) in [6, 6.07) is 6.07. The van der Waals surface area contributed by atoms with E-state index in [1.165, 1.54) is 10.9 Å². The van der Waals surface area contributed by atoms with Gasteiger partial charge in [-0.25, -0.2) is 19.3 Å². The van der Waals surface area contributed by atoms with E-state index in [9.17, 15) is 31.5 Å². The number of pyridine rings is 1. The molecule has 17 heteroatoms. The zero-order chi connectivity index (χ0) is 33.4. The monoisotopic (exact) mass is 639 g/mol. The number of nitrogens with zero attached hydrogens (tertiary/aromatic N) is 5. The molecule has 0 spiro atoms. The highest BCUT2D eigenvalue weighted by atomic mass is 19.4. The number of hydrogen-bond donors (Lipinski definition) is 4. The van der Waals surface area contributed by atoms with Crippen LogP contribution in [0.3, 0.4) is 0 Å². The first-order valence-corrected chi connectivity index (χ1v) is 13.6. The third-order valence-corrected chi connectivity index (χ3v) is 6.16. The van der Waals surface area contributed by atoms with Crippen LogP contribution in [-0.4, -0.2) is 55.9 Å². The number of nitrogens with one attached hydrogen (secondary N) is 2. The predicted molar refractivity (Wildman–Crippen MR) is 152 cm³/mol. The second-order valence-corrected chi connectivity index (χ2v) is 11.0. The lowest BCUT2D eigenvalue weighted by Crippen LogP contribution is -2.35. The molecule has 1 atom stereocenters. The fourth-order valence-electron chi connectivity index (χ4n) is 3.92. The Kier molecular flexibility index (Phi) is 11.4. The van der Waals surface area contributed by atoms with Crippen molar-refractivity contribution >= 4 is 11.8 Å². The van der Waals surface area contributed by atoms with Crippen LogP contribution in [0.4, 0.5) is 22.0 Å². The van der Waals surface area contributed by atoms with Gasteiger partial charge in [0.25, 0.3) is 5.91 Å². The minimum absolute atomic E-state index is 0.000520. The van der Waals surface area contributed by atoms with E-state index >= 15 is 0 Å². The van der Waals surface area contributed by atoms with Gasteiger partial charge in [-0.2, -0.15) is 0 Å². The summed E-state index contributed by atoms with van der Waals surface area (Å²) < 4.78 is 70.7. The number of ether oxygens (including phenoxy) is 1. The van der Waals surface area contributed by atoms with Crippen LogP contribution < -0.4 is 26.9 Å². The molecule has 2 heterocycles. The number of rotatable bonds is 13. The Morgan fingerprint density at radius 3 is 2.60 bits per heavy atom. The maximum absolute atomic E-state index is 14.6. The topological polar surface area (TPSA) is 166 Å². The molecular weight excluding hydrogens is 605 g/mol. The molecule has 3 aromatic rings. The van der Waals surface area contributed by atoms with Gasteiger partial charge >= 0.3 is 6.36 Å². The number of benzene rings is 1. The van der Waals surface area contributed by atoms with Gasteiger partial charge in [-0.3, -0.25) is 14.6 Å². The van der Waals surface area contributed by atoms with Gasteiger partial charge in [-0.1, -0.05) is 26.0 Å². The number of alkyl halides is 4. The molecule has 0 aliphatic carbocycles. The van der Waals surface area contributed by atoms with Crippen LogP contribution in [0.2, 0.25) is 0 Å². The summed E-state index contributed by atoms with van der Waals surface area (Å²) in [6.07, 6.45) is -3.10. The number of aromatic nitrogens is 4. The molecule has 244 valence electrons. The molecule has 2 amide bonds. The maximum atomic E-state index is 14.6. The molecule has 0 aliphatic heterocycles. The van der Waals surface area contributed by atoms with Crippen molar-refractivity contribution in [2.45, 2.75) is 64.7 Å². The molecule has 0 aliphatic rings. The Hall–Kier alpha value is -4.80. The van der Waals surface area contributed by atoms with Gasteiger partial charge in [0, 0.05) is 18.3 Å². The van der Waals surface area contributed by atoms with Gasteiger partial charge < -0.3 is 26.1 Å². The van der Waals surface area contributed by atoms with E-state index in [0.717, 1.165) is 35.0 Å². The van der Waals surface area contributed by atoms with Crippen LogP contribution in [0.15, 0.2) is 54.7 Å². The second kappa shape index (κ2) is 14.8. The van der Waals surface area contributed by atoms with Crippen molar-refractivity contribution in [3.63, 3.8) is 0 Å². The average Bonchev–Trinajstić information content (AvgIpc) is 3.39. The summed E-state index contributed by atoms with van der Waals surface area (Å²) in [5.41, 5.74) is 7.02. The Morgan fingerprint density at radius 1 is 1.18 bits per heavy atom. The first-order valence-electron chi connectivity index (χ1n) is 13.6. The Bertz CT molecular complexity index is 1510. The number of nitrogens with two attached hydrogens (primary N) is 2. The highest BCUT2D eigenvalue weighted by Gasteiger charge is 2.31. The molecule has 0 saturated heterocycles. The largest absolute Gasteiger partial charge is 0.573 e. The molecule has 6 N–H and O–H groups in total. The van der Waals surface area contributed by atoms with E-state index < -0.39 is 42.3 Å². The number of hydrogen-bond acceptors (Lipinski definition) is 9. The van der Waals surface area contributed by atoms with Gasteiger partial charge in [-0.15, -0.1) is 18.3 Å². The van der Waals surface area contributed by atoms with Crippen LogP contribution >= 0.6 is 0 Å². The molecule has 1 aromatic carbocycles. The molecular formula is C28H34F5N9O3. The second-order valence-electron chi connectivity index (χ2n) is 11.0. The van der Waals surface area contributed by atoms with E-state index in [1.54, 1.807) is 6.20 Å². The minimum Gasteiger partial charge on any atom is -0.406 e. The van der Waals surface area contributed by atoms with Crippen LogP contribution in [0, 0.1) is 5.82 Å². The summed E-state index contributed by atoms with van der Waals surface area (Å²) in [5.74, 6) is 2.57. The Balaban J connectivity index is 1.43. The summed E-state index contributed by atoms with van der Waals surface area (Å²) in [4.78, 5) is 29.0. The highest BCUT2D eigenvalue weighted by Crippen LogP contribution is 2.25. The van der Waals surface area contributed by atoms with Gasteiger partial charge in [0.05, 0.1) is 37.6 Å². The molecule has 0 saturated carbocycles. The van der Waals surface area contributed by atoms with Gasteiger partial charge in [-0.05, 0) is 47.7 Å². The predicted octanol–water partition coefficient (Wildman–Crippen LogP) is 2.96. The fourth-order valence-corrected chi connectivity index (χ4v) is 3.92. The molecule has 45 heavy (non-hydrogen) atoms. The standard InChI is InChI=1S/C28H34F5N9O3/c1-27(2,3)18-6-8-36-20(12-18)13-37-26(44)23-15-42(40-39-23)14-19(29)7-9-41(35)16-24(34)38-25(43)11-17-10-21(4-5-22(17)30)45-28(31,32)33/h4-6,8,10,12,15-16,19H,7,9,11,13-14,34-35H2,1-3H3,(H,37,44)(H,38,43)/b24-16+. The summed E-state index contributed by atoms with van der Waals surface area (Å²) in [6.45, 7) is 6.11. The van der Waals surface area contributed by atoms with E-state index in [-0.39, 0.29) is 48.5 Å². The van der Waals surface area contributed by atoms with Crippen LogP contribution in [0.1, 0.15) is 54.5 Å². The lowest BCUT2D eigenvalue weighted by Gasteiger charge is -2.19. The number of amides is 2. The first kappa shape index (κ1) is 34.7. The van der Waals surface area contributed by atoms with Crippen molar-refractivity contribution in [1.82, 2.24) is 35.6 Å². The Morgan fingerprint density at radius 2 is 1.91 bits per heavy atom. The van der Waals surface area contributed by atoms with Crippen molar-refractivity contribution in [1.29, 1.82) is 0 Å². The molecule has 3 rings (SSSR count). The van der Waals surface area contributed by atoms with Crippen molar-refractivity contribution in [2.75, 3.05) is 6.54 Å². The average molecular weight is 640 g/mol. The number of hydrazine groups is 1. The molecule has 0 fully saturated rings. The molecule has 12 nitrogen and oxygen atoms in total. The first-order chi connectivity index (χ1) is 21.0. The van der Waals surface area contributed by atoms with Gasteiger partial charge in [0.1, 0.15) is 23.6 Å². The number of halogens is 5. The van der Waals surface area contributed by atoms with Gasteiger partial charge in [0.2, 0.25) is 5.91 Å². The minimum atomic E-state index is -4.99. The lowest BCUT2D eigenvalue weighted by atomic mass is 9.87. The summed E-state index contributed by atoms with van der Waals surface area (Å²) in [5, 5.41) is 13.5. The molecule has 1 unspecified atom stereocenters. The van der Waals surface area contributed by atoms with E-state index in [1.807, 2.05) is 12.1 Å². The van der Waals surface area contributed by atoms with Crippen LogP contribution in [-0.2, 0) is 29.7 Å². The van der Waals surface area contributed by atoms with E-state index in [0.29, 0.717) is 5.69 Å². The number of carbonyl (C=O) groups excluding carboxylic acids is 2. The van der Waals surface area contributed by atoms with E-state index in [2.05, 4.69) is 51.4 Å². The zero-order valence-electron chi connectivity index (χ0n) is 24.7. The lowest BCUT2D eigenvalue weighted by molar-refractivity contribution is -0.274. The normalized spacial score (nSPS) is 12.9. The molecule has 2 aromatic heterocycles. The third-order valence-electron chi connectivity index (χ3n) is 6.16. The number of carbonyl (C=O) groups is 2. The van der Waals surface area contributed by atoms with Crippen LogP contribution in [0.5, 0.6) is 5.75 Å². The third kappa shape index (κ3) is 11.7. The van der Waals surface area contributed by atoms with Crippen molar-refractivity contribution in [2.24, 2.45) is 11.6 Å². The maximum Gasteiger partial charge on any atom is 0.573 e. The van der Waals surface area contributed by atoms with Crippen molar-refractivity contribution < 1.29 is 36.3 Å². The fraction of sp³-hybridized carbons (Fsp3) is 0.393. The molecule has 0 radical (unpaired) electrons. The quantitative estimate of drug-likeness (QED) is 0.125. The SMILES string of the molecule is CC(C)(C)c1ccnc(CNC(=O)c2cn(CC(F)CCN(N)/C=C(\N)NC(=O)Cc3cc(OC(F)(F)F)ccc3F)nn2)c1. The van der Waals surface area contributed by atoms with Crippen LogP contribution in [0.25, 0.3) is 0 Å². The van der Waals surface area contributed by atoms with Gasteiger partial charge in [0.15, 0.2) is 5.69 Å². The Labute approximate surface area is 255 Å². The highest BCUT2D eigenvalue weighted by molar-refractivity contribution is 5.91. The van der Waals surface area contributed by atoms with E-state index in [4.69, 9.17) is 11.6 Å². The summed E-state index contributed by atoms with van der Waals surface area (Å²) >= 11 is 0. The van der Waals surface area contributed by atoms with Crippen molar-refractivity contribution in [3.05, 3.63) is 83.1 Å². The summed E-state index contributed by atoms with van der Waals surface area (Å²) in [7, 11) is 0. The smallest absolute Gasteiger partial charge is 0.406 e. The van der Waals surface area contributed by atoms with Crippen molar-refractivity contribution in [3.8, 4) is 5.75 Å². The zero-order valence-corrected chi connectivity index (χ0v) is 24.7.